The lowest BCUT2D eigenvalue weighted by Crippen LogP contribution is -2.23. The van der Waals surface area contributed by atoms with Crippen molar-refractivity contribution < 1.29 is 18.6 Å². The van der Waals surface area contributed by atoms with Crippen LogP contribution in [0.2, 0.25) is 0 Å². The highest BCUT2D eigenvalue weighted by Gasteiger charge is 2.06. The Balaban J connectivity index is 1.62. The van der Waals surface area contributed by atoms with Crippen LogP contribution in [0.15, 0.2) is 65.8 Å². The molecular weight excluding hydrogens is 375 g/mol. The Morgan fingerprint density at radius 1 is 1.07 bits per heavy atom. The summed E-state index contributed by atoms with van der Waals surface area (Å²) in [7, 11) is 3.15. The van der Waals surface area contributed by atoms with Crippen LogP contribution in [-0.4, -0.2) is 25.2 Å². The molecule has 0 saturated heterocycles. The average Bonchev–Trinajstić information content (AvgIpc) is 2.73. The van der Waals surface area contributed by atoms with Gasteiger partial charge in [0.2, 0.25) is 5.88 Å². The van der Waals surface area contributed by atoms with Gasteiger partial charge in [0, 0.05) is 24.4 Å². The molecule has 0 fully saturated rings. The van der Waals surface area contributed by atoms with E-state index in [9.17, 15) is 4.39 Å². The van der Waals surface area contributed by atoms with Gasteiger partial charge in [-0.05, 0) is 29.8 Å². The normalized spacial score (nSPS) is 11.1. The number of nitrogens with zero attached hydrogens (tertiary/aromatic N) is 2. The molecule has 0 saturated carbocycles. The number of nitrogens with one attached hydrogen (secondary N) is 1. The minimum Gasteiger partial charge on any atom is -0.497 e. The van der Waals surface area contributed by atoms with Crippen LogP contribution in [0.4, 0.5) is 10.1 Å². The van der Waals surface area contributed by atoms with Crippen LogP contribution in [0.5, 0.6) is 23.1 Å². The lowest BCUT2D eigenvalue weighted by atomic mass is 10.2. The van der Waals surface area contributed by atoms with Crippen LogP contribution in [0.1, 0.15) is 5.56 Å². The number of benzene rings is 2. The number of hydrogen-bond acceptors (Lipinski definition) is 5. The van der Waals surface area contributed by atoms with Gasteiger partial charge < -0.3 is 25.3 Å². The second kappa shape index (κ2) is 9.41. The first-order valence-corrected chi connectivity index (χ1v) is 8.74. The van der Waals surface area contributed by atoms with Crippen LogP contribution in [-0.2, 0) is 6.54 Å². The standard InChI is InChI=1S/C21H21FN4O3/c1-27-16-7-8-19(28-2)18(11-16)26-21(23)25-13-14-6-9-20(24-12-14)29-17-5-3-4-15(22)10-17/h3-12H,13H2,1-2H3,(H3,23,25,26). The first-order valence-electron chi connectivity index (χ1n) is 8.74. The van der Waals surface area contributed by atoms with Crippen LogP contribution in [0.25, 0.3) is 0 Å². The molecular formula is C21H21FN4O3. The van der Waals surface area contributed by atoms with Crippen molar-refractivity contribution in [2.75, 3.05) is 19.5 Å². The van der Waals surface area contributed by atoms with Gasteiger partial charge in [-0.15, -0.1) is 0 Å². The van der Waals surface area contributed by atoms with E-state index in [-0.39, 0.29) is 11.8 Å². The third kappa shape index (κ3) is 5.58. The molecule has 0 unspecified atom stereocenters. The molecule has 150 valence electrons. The summed E-state index contributed by atoms with van der Waals surface area (Å²) in [6.45, 7) is 0.318. The Kier molecular flexibility index (Phi) is 6.47. The van der Waals surface area contributed by atoms with E-state index in [1.54, 1.807) is 56.8 Å². The molecule has 1 aromatic heterocycles. The molecule has 0 bridgehead atoms. The van der Waals surface area contributed by atoms with Crippen molar-refractivity contribution >= 4 is 11.6 Å². The number of aromatic nitrogens is 1. The molecule has 8 heteroatoms. The van der Waals surface area contributed by atoms with Gasteiger partial charge in [-0.2, -0.15) is 0 Å². The summed E-state index contributed by atoms with van der Waals surface area (Å²) in [5, 5.41) is 3.00. The minimum atomic E-state index is -0.371. The number of hydrogen-bond donors (Lipinski definition) is 2. The van der Waals surface area contributed by atoms with Gasteiger partial charge in [-0.3, -0.25) is 0 Å². The summed E-state index contributed by atoms with van der Waals surface area (Å²) in [5.41, 5.74) is 7.45. The summed E-state index contributed by atoms with van der Waals surface area (Å²) in [6.07, 6.45) is 1.62. The number of aliphatic imine (C=N–C) groups is 1. The molecule has 0 aliphatic rings. The van der Waals surface area contributed by atoms with Crippen molar-refractivity contribution in [3.63, 3.8) is 0 Å². The van der Waals surface area contributed by atoms with E-state index in [2.05, 4.69) is 15.3 Å². The van der Waals surface area contributed by atoms with Crippen molar-refractivity contribution in [1.82, 2.24) is 4.98 Å². The number of halogens is 1. The Morgan fingerprint density at radius 2 is 1.93 bits per heavy atom. The van der Waals surface area contributed by atoms with E-state index in [1.165, 1.54) is 12.1 Å². The highest BCUT2D eigenvalue weighted by atomic mass is 19.1. The molecule has 7 nitrogen and oxygen atoms in total. The summed E-state index contributed by atoms with van der Waals surface area (Å²) in [5.74, 6) is 1.86. The fourth-order valence-corrected chi connectivity index (χ4v) is 2.48. The first kappa shape index (κ1) is 19.9. The van der Waals surface area contributed by atoms with Gasteiger partial charge in [0.1, 0.15) is 23.1 Å². The predicted octanol–water partition coefficient (Wildman–Crippen LogP) is 3.96. The van der Waals surface area contributed by atoms with E-state index < -0.39 is 0 Å². The molecule has 29 heavy (non-hydrogen) atoms. The van der Waals surface area contributed by atoms with Gasteiger partial charge in [-0.25, -0.2) is 14.4 Å². The van der Waals surface area contributed by atoms with Gasteiger partial charge in [0.25, 0.3) is 0 Å². The third-order valence-electron chi connectivity index (χ3n) is 3.92. The fourth-order valence-electron chi connectivity index (χ4n) is 2.48. The smallest absolute Gasteiger partial charge is 0.219 e. The number of rotatable bonds is 7. The Bertz CT molecular complexity index is 993. The topological polar surface area (TPSA) is 91.0 Å². The van der Waals surface area contributed by atoms with Crippen LogP contribution >= 0.6 is 0 Å². The van der Waals surface area contributed by atoms with E-state index in [0.717, 1.165) is 5.56 Å². The number of ether oxygens (including phenoxy) is 3. The van der Waals surface area contributed by atoms with Crippen LogP contribution in [0, 0.1) is 5.82 Å². The fraction of sp³-hybridized carbons (Fsp3) is 0.143. The molecule has 3 N–H and O–H groups in total. The summed E-state index contributed by atoms with van der Waals surface area (Å²) < 4.78 is 29.2. The predicted molar refractivity (Wildman–Crippen MR) is 109 cm³/mol. The molecule has 0 atom stereocenters. The second-order valence-electron chi connectivity index (χ2n) is 5.96. The summed E-state index contributed by atoms with van der Waals surface area (Å²) in [4.78, 5) is 8.51. The maximum Gasteiger partial charge on any atom is 0.219 e. The van der Waals surface area contributed by atoms with Gasteiger partial charge in [-0.1, -0.05) is 12.1 Å². The van der Waals surface area contributed by atoms with Crippen molar-refractivity contribution in [1.29, 1.82) is 0 Å². The quantitative estimate of drug-likeness (QED) is 0.464. The van der Waals surface area contributed by atoms with Gasteiger partial charge >= 0.3 is 0 Å². The van der Waals surface area contributed by atoms with E-state index in [0.29, 0.717) is 35.4 Å². The lowest BCUT2D eigenvalue weighted by Gasteiger charge is -2.12. The van der Waals surface area contributed by atoms with Gasteiger partial charge in [0.15, 0.2) is 5.96 Å². The number of anilines is 1. The molecule has 0 spiro atoms. The maximum atomic E-state index is 13.2. The third-order valence-corrected chi connectivity index (χ3v) is 3.92. The zero-order valence-electron chi connectivity index (χ0n) is 16.1. The zero-order chi connectivity index (χ0) is 20.6. The first-order chi connectivity index (χ1) is 14.1. The molecule has 3 aromatic rings. The zero-order valence-corrected chi connectivity index (χ0v) is 16.1. The largest absolute Gasteiger partial charge is 0.497 e. The second-order valence-corrected chi connectivity index (χ2v) is 5.96. The molecule has 3 rings (SSSR count). The van der Waals surface area contributed by atoms with Gasteiger partial charge in [0.05, 0.1) is 26.5 Å². The van der Waals surface area contributed by atoms with Crippen molar-refractivity contribution in [2.45, 2.75) is 6.54 Å². The SMILES string of the molecule is COc1ccc(OC)c(NC(N)=NCc2ccc(Oc3cccc(F)c3)nc2)c1. The van der Waals surface area contributed by atoms with Crippen molar-refractivity contribution in [3.8, 4) is 23.1 Å². The molecule has 0 aliphatic heterocycles. The molecule has 0 aliphatic carbocycles. The average molecular weight is 396 g/mol. The Hall–Kier alpha value is -3.81. The van der Waals surface area contributed by atoms with Crippen molar-refractivity contribution in [2.24, 2.45) is 10.7 Å². The minimum absolute atomic E-state index is 0.219. The molecule has 0 amide bonds. The number of methoxy groups -OCH3 is 2. The highest BCUT2D eigenvalue weighted by molar-refractivity contribution is 5.94. The summed E-state index contributed by atoms with van der Waals surface area (Å²) >= 11 is 0. The number of guanidine groups is 1. The highest BCUT2D eigenvalue weighted by Crippen LogP contribution is 2.28. The van der Waals surface area contributed by atoms with Crippen LogP contribution in [0.3, 0.4) is 0 Å². The molecule has 0 radical (unpaired) electrons. The maximum absolute atomic E-state index is 13.2. The number of nitrogens with two attached hydrogens (primary N) is 1. The Morgan fingerprint density at radius 3 is 2.62 bits per heavy atom. The van der Waals surface area contributed by atoms with E-state index >= 15 is 0 Å². The summed E-state index contributed by atoms with van der Waals surface area (Å²) in [6, 6.07) is 14.7. The molecule has 1 heterocycles. The lowest BCUT2D eigenvalue weighted by molar-refractivity contribution is 0.405. The Labute approximate surface area is 168 Å². The van der Waals surface area contributed by atoms with Crippen molar-refractivity contribution in [3.05, 3.63) is 72.2 Å². The monoisotopic (exact) mass is 396 g/mol. The van der Waals surface area contributed by atoms with Crippen LogP contribution < -0.4 is 25.3 Å². The number of pyridine rings is 1. The van der Waals surface area contributed by atoms with E-state index in [4.69, 9.17) is 19.9 Å². The van der Waals surface area contributed by atoms with E-state index in [1.807, 2.05) is 6.07 Å². The molecule has 2 aromatic carbocycles.